The largest absolute Gasteiger partial charge is 0.468 e. The molecule has 2 fully saturated rings. The smallest absolute Gasteiger partial charge is 0.320 e. The molecule has 0 radical (unpaired) electrons. The van der Waals surface area contributed by atoms with Crippen molar-refractivity contribution < 1.29 is 23.9 Å². The van der Waals surface area contributed by atoms with E-state index in [9.17, 15) is 14.4 Å². The van der Waals surface area contributed by atoms with E-state index in [1.54, 1.807) is 23.1 Å². The average Bonchev–Trinajstić information content (AvgIpc) is 2.87. The van der Waals surface area contributed by atoms with Crippen LogP contribution in [0.4, 0.5) is 0 Å². The highest BCUT2D eigenvalue weighted by atomic mass is 35.5. The summed E-state index contributed by atoms with van der Waals surface area (Å²) in [6.45, 7) is 9.55. The van der Waals surface area contributed by atoms with Crippen LogP contribution in [-0.2, 0) is 30.4 Å². The van der Waals surface area contributed by atoms with Crippen LogP contribution in [0.2, 0.25) is 10.0 Å². The van der Waals surface area contributed by atoms with Crippen molar-refractivity contribution in [2.24, 2.45) is 16.7 Å². The number of hydrogen-bond donors (Lipinski definition) is 0. The number of carbonyl (C=O) groups excluding carboxylic acids is 3. The monoisotopic (exact) mass is 564 g/mol. The number of carbonyl (C=O) groups is 3. The van der Waals surface area contributed by atoms with E-state index in [1.807, 2.05) is 17.9 Å². The van der Waals surface area contributed by atoms with E-state index < -0.39 is 23.4 Å². The zero-order valence-corrected chi connectivity index (χ0v) is 24.4. The number of ether oxygens (including phenoxy) is 2. The molecule has 9 heteroatoms. The van der Waals surface area contributed by atoms with Gasteiger partial charge in [0.15, 0.2) is 0 Å². The first-order chi connectivity index (χ1) is 17.9. The van der Waals surface area contributed by atoms with Gasteiger partial charge >= 0.3 is 5.97 Å². The fourth-order valence-corrected chi connectivity index (χ4v) is 6.38. The highest BCUT2D eigenvalue weighted by Crippen LogP contribution is 2.52. The molecule has 3 heterocycles. The number of hydrogen-bond acceptors (Lipinski definition) is 5. The van der Waals surface area contributed by atoms with Crippen LogP contribution in [0.25, 0.3) is 0 Å². The van der Waals surface area contributed by atoms with Crippen molar-refractivity contribution in [3.8, 4) is 0 Å². The number of fused-ring (bicyclic) bond motifs is 1. The zero-order valence-electron chi connectivity index (χ0n) is 22.9. The summed E-state index contributed by atoms with van der Waals surface area (Å²) in [5.41, 5.74) is -0.271. The Morgan fingerprint density at radius 1 is 1.16 bits per heavy atom. The summed E-state index contributed by atoms with van der Waals surface area (Å²) in [6, 6.07) is 5.14. The number of nitrogens with zero attached hydrogens (tertiary/aromatic N) is 2. The number of piperidine rings is 2. The maximum Gasteiger partial charge on any atom is 0.320 e. The van der Waals surface area contributed by atoms with Gasteiger partial charge < -0.3 is 19.3 Å². The number of halogens is 2. The Kier molecular flexibility index (Phi) is 8.51. The van der Waals surface area contributed by atoms with E-state index in [0.717, 1.165) is 19.3 Å². The maximum absolute atomic E-state index is 14.1. The lowest BCUT2D eigenvalue weighted by Gasteiger charge is -2.53. The summed E-state index contributed by atoms with van der Waals surface area (Å²) in [5.74, 6) is -1.44. The Morgan fingerprint density at radius 3 is 2.45 bits per heavy atom. The third kappa shape index (κ3) is 5.47. The second-order valence-electron chi connectivity index (χ2n) is 11.8. The maximum atomic E-state index is 14.1. The molecule has 0 unspecified atom stereocenters. The lowest BCUT2D eigenvalue weighted by molar-refractivity contribution is -0.180. The molecule has 7 nitrogen and oxygen atoms in total. The van der Waals surface area contributed by atoms with E-state index in [4.69, 9.17) is 32.7 Å². The number of methoxy groups -OCH3 is 1. The standard InChI is InChI=1S/C29H38Cl2N2O5/c1-18-29(27(36)37-5)16-20(13-25(34)32-11-7-6-8-12-32)26(35)33(17-19-9-10-21(30)14-22(19)31)23(29)15-24(38-18)28(2,3)4/h9-10,14-15,18,20,24H,6-8,11-13,16-17H2,1-5H3/t18-,20+,24-,29+/m1/s1. The van der Waals surface area contributed by atoms with Crippen molar-refractivity contribution in [2.75, 3.05) is 20.2 Å². The molecular weight excluding hydrogens is 527 g/mol. The first-order valence-corrected chi connectivity index (χ1v) is 14.1. The van der Waals surface area contributed by atoms with Gasteiger partial charge in [-0.2, -0.15) is 0 Å². The lowest BCUT2D eigenvalue weighted by atomic mass is 9.65. The van der Waals surface area contributed by atoms with Gasteiger partial charge in [0.05, 0.1) is 25.9 Å². The van der Waals surface area contributed by atoms with Gasteiger partial charge in [-0.15, -0.1) is 0 Å². The Labute approximate surface area is 235 Å². The van der Waals surface area contributed by atoms with Gasteiger partial charge in [-0.1, -0.05) is 50.0 Å². The zero-order chi connectivity index (χ0) is 27.8. The van der Waals surface area contributed by atoms with Crippen molar-refractivity contribution in [3.05, 3.63) is 45.6 Å². The number of rotatable bonds is 5. The van der Waals surface area contributed by atoms with Crippen molar-refractivity contribution in [2.45, 2.75) is 78.6 Å². The fraction of sp³-hybridized carbons (Fsp3) is 0.621. The molecule has 0 spiro atoms. The van der Waals surface area contributed by atoms with Gasteiger partial charge in [-0.25, -0.2) is 0 Å². The second kappa shape index (κ2) is 11.2. The van der Waals surface area contributed by atoms with Gasteiger partial charge in [0.1, 0.15) is 5.41 Å². The van der Waals surface area contributed by atoms with Crippen molar-refractivity contribution >= 4 is 41.0 Å². The lowest BCUT2D eigenvalue weighted by Crippen LogP contribution is -2.61. The molecule has 2 amide bonds. The quantitative estimate of drug-likeness (QED) is 0.433. The first kappa shape index (κ1) is 28.9. The molecule has 0 N–H and O–H groups in total. The van der Waals surface area contributed by atoms with E-state index in [-0.39, 0.29) is 42.7 Å². The normalized spacial score (nSPS) is 28.0. The summed E-state index contributed by atoms with van der Waals surface area (Å²) in [7, 11) is 1.35. The minimum Gasteiger partial charge on any atom is -0.468 e. The van der Waals surface area contributed by atoms with E-state index in [2.05, 4.69) is 20.8 Å². The Balaban J connectivity index is 1.80. The SMILES string of the molecule is COC(=O)[C@]12C[C@H](CC(=O)N3CCCCC3)C(=O)N(Cc3ccc(Cl)cc3Cl)C1=C[C@H](C(C)(C)C)O[C@@H]2C. The Morgan fingerprint density at radius 2 is 1.84 bits per heavy atom. The molecule has 4 rings (SSSR count). The molecule has 0 saturated carbocycles. The van der Waals surface area contributed by atoms with Gasteiger partial charge in [-0.3, -0.25) is 14.4 Å². The van der Waals surface area contributed by atoms with Crippen LogP contribution >= 0.6 is 23.2 Å². The van der Waals surface area contributed by atoms with Crippen molar-refractivity contribution in [1.82, 2.24) is 9.80 Å². The first-order valence-electron chi connectivity index (χ1n) is 13.4. The van der Waals surface area contributed by atoms with Crippen LogP contribution in [0.15, 0.2) is 30.0 Å². The predicted octanol–water partition coefficient (Wildman–Crippen LogP) is 5.62. The number of esters is 1. The molecule has 2 saturated heterocycles. The number of likely N-dealkylation sites (tertiary alicyclic amines) is 2. The number of benzene rings is 1. The van der Waals surface area contributed by atoms with Crippen LogP contribution in [0.1, 0.15) is 65.4 Å². The third-order valence-electron chi connectivity index (χ3n) is 8.16. The number of amides is 2. The van der Waals surface area contributed by atoms with Gasteiger partial charge in [-0.05, 0) is 61.8 Å². The molecular formula is C29H38Cl2N2O5. The highest BCUT2D eigenvalue weighted by molar-refractivity contribution is 6.35. The van der Waals surface area contributed by atoms with Crippen molar-refractivity contribution in [1.29, 1.82) is 0 Å². The van der Waals surface area contributed by atoms with Crippen LogP contribution in [0, 0.1) is 16.7 Å². The molecule has 4 atom stereocenters. The molecule has 0 aromatic heterocycles. The molecule has 0 aliphatic carbocycles. The predicted molar refractivity (Wildman–Crippen MR) is 146 cm³/mol. The molecule has 1 aromatic rings. The minimum atomic E-state index is -1.24. The third-order valence-corrected chi connectivity index (χ3v) is 8.75. The van der Waals surface area contributed by atoms with Gasteiger partial charge in [0, 0.05) is 41.2 Å². The summed E-state index contributed by atoms with van der Waals surface area (Å²) in [6.07, 6.45) is 4.17. The second-order valence-corrected chi connectivity index (χ2v) is 12.6. The summed E-state index contributed by atoms with van der Waals surface area (Å²) in [5, 5.41) is 0.915. The fourth-order valence-electron chi connectivity index (χ4n) is 5.91. The molecule has 208 valence electrons. The van der Waals surface area contributed by atoms with Crippen LogP contribution in [0.3, 0.4) is 0 Å². The highest BCUT2D eigenvalue weighted by Gasteiger charge is 2.60. The van der Waals surface area contributed by atoms with Gasteiger partial charge in [0.2, 0.25) is 11.8 Å². The van der Waals surface area contributed by atoms with Crippen molar-refractivity contribution in [3.63, 3.8) is 0 Å². The van der Waals surface area contributed by atoms with Crippen LogP contribution < -0.4 is 0 Å². The summed E-state index contributed by atoms with van der Waals surface area (Å²) < 4.78 is 11.8. The van der Waals surface area contributed by atoms with E-state index in [0.29, 0.717) is 34.4 Å². The average molecular weight is 566 g/mol. The molecule has 3 aliphatic heterocycles. The molecule has 1 aromatic carbocycles. The summed E-state index contributed by atoms with van der Waals surface area (Å²) >= 11 is 12.7. The summed E-state index contributed by atoms with van der Waals surface area (Å²) in [4.78, 5) is 44.5. The molecule has 0 bridgehead atoms. The van der Waals surface area contributed by atoms with E-state index in [1.165, 1.54) is 7.11 Å². The Bertz CT molecular complexity index is 1120. The van der Waals surface area contributed by atoms with Crippen LogP contribution in [-0.4, -0.2) is 60.0 Å². The topological polar surface area (TPSA) is 76.2 Å². The Hall–Kier alpha value is -2.09. The molecule has 3 aliphatic rings. The molecule has 38 heavy (non-hydrogen) atoms. The van der Waals surface area contributed by atoms with Crippen LogP contribution in [0.5, 0.6) is 0 Å². The minimum absolute atomic E-state index is 0.0329. The van der Waals surface area contributed by atoms with Gasteiger partial charge in [0.25, 0.3) is 0 Å². The van der Waals surface area contributed by atoms with E-state index >= 15 is 0 Å².